The van der Waals surface area contributed by atoms with Gasteiger partial charge < -0.3 is 15.0 Å². The minimum atomic E-state index is -3.54. The van der Waals surface area contributed by atoms with Crippen molar-refractivity contribution in [1.29, 1.82) is 0 Å². The SMILES string of the molecule is CN1CCN(S(=O)(=O)c2ccc(-c3ccc4cnnc(Nc5ccc(OCc6cccc(F)c6)c(Cl)c5)c4c3)cc2)CC1. The van der Waals surface area contributed by atoms with E-state index < -0.39 is 10.0 Å². The molecule has 1 aliphatic rings. The van der Waals surface area contributed by atoms with Gasteiger partial charge in [-0.05, 0) is 72.3 Å². The minimum absolute atomic E-state index is 0.185. The van der Waals surface area contributed by atoms with Gasteiger partial charge in [0.1, 0.15) is 18.2 Å². The Morgan fingerprint density at radius 3 is 2.44 bits per heavy atom. The molecular formula is C32H29ClFN5O3S. The first-order valence-electron chi connectivity index (χ1n) is 13.7. The van der Waals surface area contributed by atoms with Gasteiger partial charge in [-0.3, -0.25) is 0 Å². The molecule has 0 spiro atoms. The standard InChI is InChI=1S/C32H29ClFN5O3S/c1-38-13-15-39(16-14-38)43(40,41)28-10-7-23(8-11-28)24-5-6-25-20-35-37-32(29(25)18-24)36-27-9-12-31(30(33)19-27)42-21-22-3-2-4-26(34)17-22/h2-12,17-20H,13-16,21H2,1H3,(H,36,37). The van der Waals surface area contributed by atoms with E-state index in [0.717, 1.165) is 21.9 Å². The number of aromatic nitrogens is 2. The summed E-state index contributed by atoms with van der Waals surface area (Å²) < 4.78 is 47.1. The highest BCUT2D eigenvalue weighted by atomic mass is 35.5. The number of likely N-dealkylation sites (N-methyl/N-ethyl adjacent to an activating group) is 1. The summed E-state index contributed by atoms with van der Waals surface area (Å²) in [5, 5.41) is 13.9. The molecular weight excluding hydrogens is 589 g/mol. The Balaban J connectivity index is 1.20. The van der Waals surface area contributed by atoms with Gasteiger partial charge in [0.15, 0.2) is 5.82 Å². The number of nitrogens with zero attached hydrogens (tertiary/aromatic N) is 4. The molecule has 0 amide bonds. The first-order chi connectivity index (χ1) is 20.8. The second-order valence-electron chi connectivity index (χ2n) is 10.4. The highest BCUT2D eigenvalue weighted by Gasteiger charge is 2.27. The van der Waals surface area contributed by atoms with Crippen LogP contribution in [0.4, 0.5) is 15.9 Å². The van der Waals surface area contributed by atoms with Gasteiger partial charge in [-0.25, -0.2) is 12.8 Å². The largest absolute Gasteiger partial charge is 0.487 e. The van der Waals surface area contributed by atoms with Crippen molar-refractivity contribution in [3.05, 3.63) is 108 Å². The Morgan fingerprint density at radius 1 is 0.930 bits per heavy atom. The number of benzene rings is 4. The lowest BCUT2D eigenvalue weighted by atomic mass is 10.0. The first-order valence-corrected chi connectivity index (χ1v) is 15.6. The maximum absolute atomic E-state index is 13.5. The van der Waals surface area contributed by atoms with Gasteiger partial charge in [0.25, 0.3) is 0 Å². The smallest absolute Gasteiger partial charge is 0.243 e. The molecule has 1 N–H and O–H groups in total. The van der Waals surface area contributed by atoms with Crippen LogP contribution in [0.25, 0.3) is 21.9 Å². The number of hydrogen-bond acceptors (Lipinski definition) is 7. The third-order valence-corrected chi connectivity index (χ3v) is 9.64. The van der Waals surface area contributed by atoms with Crippen LogP contribution < -0.4 is 10.1 Å². The zero-order chi connectivity index (χ0) is 30.0. The van der Waals surface area contributed by atoms with Crippen molar-refractivity contribution < 1.29 is 17.5 Å². The van der Waals surface area contributed by atoms with Crippen molar-refractivity contribution in [1.82, 2.24) is 19.4 Å². The normalized spacial score (nSPS) is 14.6. The number of fused-ring (bicyclic) bond motifs is 1. The number of piperazine rings is 1. The van der Waals surface area contributed by atoms with Crippen LogP contribution in [0, 0.1) is 5.82 Å². The van der Waals surface area contributed by atoms with E-state index >= 15 is 0 Å². The van der Waals surface area contributed by atoms with E-state index in [2.05, 4.69) is 20.4 Å². The summed E-state index contributed by atoms with van der Waals surface area (Å²) in [5.41, 5.74) is 3.18. The van der Waals surface area contributed by atoms with E-state index in [0.29, 0.717) is 54.0 Å². The van der Waals surface area contributed by atoms with Crippen LogP contribution in [0.2, 0.25) is 5.02 Å². The number of halogens is 2. The molecule has 0 radical (unpaired) electrons. The molecule has 8 nitrogen and oxygen atoms in total. The van der Waals surface area contributed by atoms with Crippen LogP contribution >= 0.6 is 11.6 Å². The molecule has 0 unspecified atom stereocenters. The molecule has 11 heteroatoms. The predicted octanol–water partition coefficient (Wildman–Crippen LogP) is 6.35. The lowest BCUT2D eigenvalue weighted by Crippen LogP contribution is -2.46. The Kier molecular flexibility index (Phi) is 8.27. The summed E-state index contributed by atoms with van der Waals surface area (Å²) in [5.74, 6) is 0.691. The number of hydrogen-bond donors (Lipinski definition) is 1. The molecule has 4 aromatic carbocycles. The van der Waals surface area contributed by atoms with E-state index in [-0.39, 0.29) is 17.3 Å². The second kappa shape index (κ2) is 12.3. The molecule has 6 rings (SSSR count). The molecule has 220 valence electrons. The van der Waals surface area contributed by atoms with Gasteiger partial charge >= 0.3 is 0 Å². The number of ether oxygens (including phenoxy) is 1. The third kappa shape index (κ3) is 6.47. The van der Waals surface area contributed by atoms with Crippen LogP contribution in [0.1, 0.15) is 5.56 Å². The van der Waals surface area contributed by atoms with Crippen molar-refractivity contribution in [2.75, 3.05) is 38.5 Å². The molecule has 0 bridgehead atoms. The second-order valence-corrected chi connectivity index (χ2v) is 12.8. The van der Waals surface area contributed by atoms with E-state index in [1.807, 2.05) is 43.4 Å². The quantitative estimate of drug-likeness (QED) is 0.217. The molecule has 1 saturated heterocycles. The molecule has 2 heterocycles. The average molecular weight is 618 g/mol. The van der Waals surface area contributed by atoms with Gasteiger partial charge in [-0.1, -0.05) is 48.0 Å². The van der Waals surface area contributed by atoms with E-state index in [4.69, 9.17) is 16.3 Å². The fraction of sp³-hybridized carbons (Fsp3) is 0.188. The summed E-state index contributed by atoms with van der Waals surface area (Å²) in [6.07, 6.45) is 1.69. The van der Waals surface area contributed by atoms with Crippen LogP contribution in [-0.2, 0) is 16.6 Å². The van der Waals surface area contributed by atoms with Gasteiger partial charge in [-0.2, -0.15) is 9.40 Å². The Labute approximate surface area is 254 Å². The molecule has 1 aliphatic heterocycles. The number of sulfonamides is 1. The monoisotopic (exact) mass is 617 g/mol. The fourth-order valence-corrected chi connectivity index (χ4v) is 6.62. The maximum Gasteiger partial charge on any atom is 0.243 e. The third-order valence-electron chi connectivity index (χ3n) is 7.43. The van der Waals surface area contributed by atoms with E-state index in [1.165, 1.54) is 12.1 Å². The summed E-state index contributed by atoms with van der Waals surface area (Å²) in [4.78, 5) is 2.41. The highest BCUT2D eigenvalue weighted by molar-refractivity contribution is 7.89. The molecule has 0 saturated carbocycles. The number of nitrogens with one attached hydrogen (secondary N) is 1. The van der Waals surface area contributed by atoms with Gasteiger partial charge in [-0.15, -0.1) is 5.10 Å². The maximum atomic E-state index is 13.5. The van der Waals surface area contributed by atoms with Crippen LogP contribution in [0.3, 0.4) is 0 Å². The Hall–Kier alpha value is -4.09. The predicted molar refractivity (Wildman–Crippen MR) is 167 cm³/mol. The fourth-order valence-electron chi connectivity index (χ4n) is 4.97. The molecule has 1 aromatic heterocycles. The van der Waals surface area contributed by atoms with Crippen molar-refractivity contribution in [2.45, 2.75) is 11.5 Å². The molecule has 0 atom stereocenters. The van der Waals surface area contributed by atoms with Crippen LogP contribution in [0.15, 0.2) is 96.0 Å². The summed E-state index contributed by atoms with van der Waals surface area (Å²) in [6.45, 7) is 2.59. The zero-order valence-corrected chi connectivity index (χ0v) is 24.9. The molecule has 0 aliphatic carbocycles. The number of rotatable bonds is 8. The first kappa shape index (κ1) is 29.0. The van der Waals surface area contributed by atoms with Gasteiger partial charge in [0.05, 0.1) is 16.1 Å². The van der Waals surface area contributed by atoms with Crippen molar-refractivity contribution >= 4 is 43.9 Å². The summed E-state index contributed by atoms with van der Waals surface area (Å²) in [7, 11) is -1.55. The molecule has 5 aromatic rings. The zero-order valence-electron chi connectivity index (χ0n) is 23.4. The average Bonchev–Trinajstić information content (AvgIpc) is 3.01. The van der Waals surface area contributed by atoms with Crippen LogP contribution in [0.5, 0.6) is 5.75 Å². The van der Waals surface area contributed by atoms with Gasteiger partial charge in [0, 0.05) is 42.6 Å². The van der Waals surface area contributed by atoms with E-state index in [1.54, 1.807) is 46.9 Å². The Bertz CT molecular complexity index is 1880. The minimum Gasteiger partial charge on any atom is -0.487 e. The van der Waals surface area contributed by atoms with Crippen LogP contribution in [-0.4, -0.2) is 61.0 Å². The highest BCUT2D eigenvalue weighted by Crippen LogP contribution is 2.33. The van der Waals surface area contributed by atoms with E-state index in [9.17, 15) is 12.8 Å². The van der Waals surface area contributed by atoms with Crippen molar-refractivity contribution in [2.24, 2.45) is 0 Å². The topological polar surface area (TPSA) is 87.7 Å². The Morgan fingerprint density at radius 2 is 1.70 bits per heavy atom. The van der Waals surface area contributed by atoms with Crippen molar-refractivity contribution in [3.8, 4) is 16.9 Å². The number of anilines is 2. The molecule has 1 fully saturated rings. The summed E-state index contributed by atoms with van der Waals surface area (Å²) in [6, 6.07) is 24.4. The van der Waals surface area contributed by atoms with Gasteiger partial charge in [0.2, 0.25) is 10.0 Å². The lowest BCUT2D eigenvalue weighted by molar-refractivity contribution is 0.222. The molecule has 43 heavy (non-hydrogen) atoms. The summed E-state index contributed by atoms with van der Waals surface area (Å²) >= 11 is 6.49. The lowest BCUT2D eigenvalue weighted by Gasteiger charge is -2.31. The van der Waals surface area contributed by atoms with Crippen molar-refractivity contribution in [3.63, 3.8) is 0 Å².